The number of aromatic nitrogens is 1. The lowest BCUT2D eigenvalue weighted by Gasteiger charge is -2.23. The Morgan fingerprint density at radius 2 is 1.95 bits per heavy atom. The largest absolute Gasteiger partial charge is 0.373 e. The highest BCUT2D eigenvalue weighted by atomic mass is 16.1. The molecule has 1 aliphatic rings. The molecule has 0 aliphatic heterocycles. The van der Waals surface area contributed by atoms with Gasteiger partial charge in [-0.3, -0.25) is 4.79 Å². The molecule has 0 spiro atoms. The van der Waals surface area contributed by atoms with Crippen LogP contribution in [0.3, 0.4) is 0 Å². The second-order valence-corrected chi connectivity index (χ2v) is 5.63. The number of carbonyl (C=O) groups excluding carboxylic acids is 1. The summed E-state index contributed by atoms with van der Waals surface area (Å²) < 4.78 is 0. The van der Waals surface area contributed by atoms with Crippen molar-refractivity contribution >= 4 is 22.6 Å². The van der Waals surface area contributed by atoms with Gasteiger partial charge in [-0.2, -0.15) is 0 Å². The molecule has 2 N–H and O–H groups in total. The molecule has 1 aromatic carbocycles. The smallest absolute Gasteiger partial charge is 0.252 e. The zero-order valence-corrected chi connectivity index (χ0v) is 12.4. The van der Waals surface area contributed by atoms with Crippen molar-refractivity contribution in [3.63, 3.8) is 0 Å². The molecule has 21 heavy (non-hydrogen) atoms. The maximum Gasteiger partial charge on any atom is 0.252 e. The standard InChI is InChI=1S/C17H21N3O/c1-18-16-11-14(13-9-5-6-10-15(13)20-16)17(21)19-12-7-3-2-4-8-12/h5-6,9-12H,2-4,7-8H2,1H3,(H,18,20)(H,19,21). The zero-order chi connectivity index (χ0) is 14.7. The first-order valence-corrected chi connectivity index (χ1v) is 7.66. The predicted molar refractivity (Wildman–Crippen MR) is 85.6 cm³/mol. The summed E-state index contributed by atoms with van der Waals surface area (Å²) in [7, 11) is 1.82. The molecular weight excluding hydrogens is 262 g/mol. The van der Waals surface area contributed by atoms with Crippen molar-refractivity contribution in [2.75, 3.05) is 12.4 Å². The number of hydrogen-bond donors (Lipinski definition) is 2. The van der Waals surface area contributed by atoms with Gasteiger partial charge in [0.15, 0.2) is 0 Å². The maximum atomic E-state index is 12.6. The van der Waals surface area contributed by atoms with E-state index in [4.69, 9.17) is 0 Å². The molecule has 0 saturated heterocycles. The maximum absolute atomic E-state index is 12.6. The van der Waals surface area contributed by atoms with Crippen molar-refractivity contribution in [2.24, 2.45) is 0 Å². The van der Waals surface area contributed by atoms with Crippen LogP contribution in [0.4, 0.5) is 5.82 Å². The number of nitrogens with zero attached hydrogens (tertiary/aromatic N) is 1. The molecule has 2 aromatic rings. The number of hydrogen-bond acceptors (Lipinski definition) is 3. The van der Waals surface area contributed by atoms with E-state index in [0.717, 1.165) is 29.6 Å². The quantitative estimate of drug-likeness (QED) is 0.908. The van der Waals surface area contributed by atoms with Crippen LogP contribution >= 0.6 is 0 Å². The van der Waals surface area contributed by atoms with Crippen LogP contribution in [0.2, 0.25) is 0 Å². The molecular formula is C17H21N3O. The Morgan fingerprint density at radius 1 is 1.19 bits per heavy atom. The fraction of sp³-hybridized carbons (Fsp3) is 0.412. The summed E-state index contributed by atoms with van der Waals surface area (Å²) in [6.45, 7) is 0. The first-order valence-electron chi connectivity index (χ1n) is 7.66. The minimum absolute atomic E-state index is 0.0111. The lowest BCUT2D eigenvalue weighted by molar-refractivity contribution is 0.0929. The Labute approximate surface area is 125 Å². The number of pyridine rings is 1. The molecule has 0 bridgehead atoms. The number of carbonyl (C=O) groups is 1. The normalized spacial score (nSPS) is 15.9. The van der Waals surface area contributed by atoms with Crippen molar-refractivity contribution in [3.05, 3.63) is 35.9 Å². The molecule has 0 radical (unpaired) electrons. The van der Waals surface area contributed by atoms with Crippen molar-refractivity contribution in [1.29, 1.82) is 0 Å². The molecule has 3 rings (SSSR count). The van der Waals surface area contributed by atoms with Gasteiger partial charge in [-0.05, 0) is 25.0 Å². The Balaban J connectivity index is 1.92. The number of nitrogens with one attached hydrogen (secondary N) is 2. The third-order valence-electron chi connectivity index (χ3n) is 4.16. The summed E-state index contributed by atoms with van der Waals surface area (Å²) in [5.74, 6) is 0.736. The number of para-hydroxylation sites is 1. The molecule has 0 unspecified atom stereocenters. The summed E-state index contributed by atoms with van der Waals surface area (Å²) in [5.41, 5.74) is 1.55. The second-order valence-electron chi connectivity index (χ2n) is 5.63. The predicted octanol–water partition coefficient (Wildman–Crippen LogP) is 3.34. The third kappa shape index (κ3) is 2.99. The number of amides is 1. The average Bonchev–Trinajstić information content (AvgIpc) is 2.54. The van der Waals surface area contributed by atoms with Gasteiger partial charge >= 0.3 is 0 Å². The Bertz CT molecular complexity index is 648. The van der Waals surface area contributed by atoms with Crippen LogP contribution in [0.1, 0.15) is 42.5 Å². The molecule has 0 atom stereocenters. The molecule has 1 saturated carbocycles. The lowest BCUT2D eigenvalue weighted by Crippen LogP contribution is -2.36. The zero-order valence-electron chi connectivity index (χ0n) is 12.4. The first kappa shape index (κ1) is 13.9. The molecule has 1 fully saturated rings. The van der Waals surface area contributed by atoms with Crippen LogP contribution in [-0.4, -0.2) is 24.0 Å². The van der Waals surface area contributed by atoms with Crippen molar-refractivity contribution < 1.29 is 4.79 Å². The van der Waals surface area contributed by atoms with E-state index in [1.165, 1.54) is 19.3 Å². The Kier molecular flexibility index (Phi) is 4.04. The van der Waals surface area contributed by atoms with Gasteiger partial charge in [0.05, 0.1) is 11.1 Å². The van der Waals surface area contributed by atoms with Gasteiger partial charge in [0.1, 0.15) is 5.82 Å². The molecule has 1 amide bonds. The van der Waals surface area contributed by atoms with Crippen LogP contribution in [-0.2, 0) is 0 Å². The molecule has 1 heterocycles. The summed E-state index contributed by atoms with van der Waals surface area (Å²) in [5, 5.41) is 7.12. The minimum Gasteiger partial charge on any atom is -0.373 e. The monoisotopic (exact) mass is 283 g/mol. The molecule has 110 valence electrons. The summed E-state index contributed by atoms with van der Waals surface area (Å²) in [6, 6.07) is 9.93. The van der Waals surface area contributed by atoms with Crippen molar-refractivity contribution in [3.8, 4) is 0 Å². The minimum atomic E-state index is 0.0111. The topological polar surface area (TPSA) is 54.0 Å². The van der Waals surface area contributed by atoms with Crippen LogP contribution in [0.25, 0.3) is 10.9 Å². The van der Waals surface area contributed by atoms with E-state index in [0.29, 0.717) is 11.6 Å². The first-order chi connectivity index (χ1) is 10.3. The van der Waals surface area contributed by atoms with Gasteiger partial charge in [0.2, 0.25) is 0 Å². The van der Waals surface area contributed by atoms with E-state index in [-0.39, 0.29) is 5.91 Å². The highest BCUT2D eigenvalue weighted by Crippen LogP contribution is 2.22. The fourth-order valence-electron chi connectivity index (χ4n) is 3.00. The molecule has 1 aliphatic carbocycles. The SMILES string of the molecule is CNc1cc(C(=O)NC2CCCCC2)c2ccccc2n1. The van der Waals surface area contributed by atoms with E-state index in [2.05, 4.69) is 15.6 Å². The van der Waals surface area contributed by atoms with Gasteiger partial charge in [0.25, 0.3) is 5.91 Å². The second kappa shape index (κ2) is 6.12. The highest BCUT2D eigenvalue weighted by molar-refractivity contribution is 6.07. The van der Waals surface area contributed by atoms with Crippen LogP contribution in [0.15, 0.2) is 30.3 Å². The lowest BCUT2D eigenvalue weighted by atomic mass is 9.95. The van der Waals surface area contributed by atoms with Gasteiger partial charge < -0.3 is 10.6 Å². The van der Waals surface area contributed by atoms with Gasteiger partial charge in [0, 0.05) is 18.5 Å². The molecule has 4 nitrogen and oxygen atoms in total. The summed E-state index contributed by atoms with van der Waals surface area (Å²) in [6.07, 6.45) is 5.89. The number of anilines is 1. The third-order valence-corrected chi connectivity index (χ3v) is 4.16. The van der Waals surface area contributed by atoms with Crippen molar-refractivity contribution in [1.82, 2.24) is 10.3 Å². The Hall–Kier alpha value is -2.10. The average molecular weight is 283 g/mol. The number of rotatable bonds is 3. The van der Waals surface area contributed by atoms with Crippen molar-refractivity contribution in [2.45, 2.75) is 38.1 Å². The van der Waals surface area contributed by atoms with E-state index in [1.54, 1.807) is 0 Å². The molecule has 1 aromatic heterocycles. The Morgan fingerprint density at radius 3 is 2.71 bits per heavy atom. The number of fused-ring (bicyclic) bond motifs is 1. The summed E-state index contributed by atoms with van der Waals surface area (Å²) >= 11 is 0. The molecule has 4 heteroatoms. The van der Waals surface area contributed by atoms with E-state index < -0.39 is 0 Å². The van der Waals surface area contributed by atoms with Gasteiger partial charge in [-0.25, -0.2) is 4.98 Å². The van der Waals surface area contributed by atoms with Gasteiger partial charge in [-0.15, -0.1) is 0 Å². The summed E-state index contributed by atoms with van der Waals surface area (Å²) in [4.78, 5) is 17.1. The van der Waals surface area contributed by atoms with E-state index >= 15 is 0 Å². The van der Waals surface area contributed by atoms with Crippen LogP contribution < -0.4 is 10.6 Å². The van der Waals surface area contributed by atoms with Crippen LogP contribution in [0.5, 0.6) is 0 Å². The van der Waals surface area contributed by atoms with Crippen LogP contribution in [0, 0.1) is 0 Å². The van der Waals surface area contributed by atoms with E-state index in [9.17, 15) is 4.79 Å². The number of benzene rings is 1. The fourth-order valence-corrected chi connectivity index (χ4v) is 3.00. The van der Waals surface area contributed by atoms with Gasteiger partial charge in [-0.1, -0.05) is 37.5 Å². The highest BCUT2D eigenvalue weighted by Gasteiger charge is 2.18. The van der Waals surface area contributed by atoms with E-state index in [1.807, 2.05) is 37.4 Å².